The Morgan fingerprint density at radius 3 is 2.83 bits per heavy atom. The number of likely N-dealkylation sites (N-methyl/N-ethyl adjacent to an activating group) is 1. The van der Waals surface area contributed by atoms with Gasteiger partial charge in [-0.3, -0.25) is 9.69 Å². The lowest BCUT2D eigenvalue weighted by Gasteiger charge is -2.32. The van der Waals surface area contributed by atoms with Crippen LogP contribution in [0.5, 0.6) is 0 Å². The number of likely N-dealkylation sites (tertiary alicyclic amines) is 1. The molecule has 0 bridgehead atoms. The largest absolute Gasteiger partial charge is 0.367 e. The molecule has 8 nitrogen and oxygen atoms in total. The number of anilines is 1. The van der Waals surface area contributed by atoms with Gasteiger partial charge in [0.05, 0.1) is 6.54 Å². The van der Waals surface area contributed by atoms with Crippen LogP contribution in [0.15, 0.2) is 12.4 Å². The smallest absolute Gasteiger partial charge is 0.254 e. The van der Waals surface area contributed by atoms with Crippen molar-refractivity contribution in [2.45, 2.75) is 25.8 Å². The summed E-state index contributed by atoms with van der Waals surface area (Å²) >= 11 is 0. The Morgan fingerprint density at radius 1 is 1.39 bits per heavy atom. The van der Waals surface area contributed by atoms with E-state index in [1.54, 1.807) is 23.5 Å². The Balaban J connectivity index is 1.60. The minimum absolute atomic E-state index is 0.158. The molecule has 1 aliphatic rings. The third-order valence-electron chi connectivity index (χ3n) is 4.18. The molecule has 3 rings (SSSR count). The summed E-state index contributed by atoms with van der Waals surface area (Å²) in [4.78, 5) is 24.1. The molecule has 8 heteroatoms. The second-order valence-electron chi connectivity index (χ2n) is 6.24. The zero-order valence-corrected chi connectivity index (χ0v) is 13.9. The Morgan fingerprint density at radius 2 is 2.13 bits per heavy atom. The number of nitrogens with one attached hydrogen (secondary N) is 1. The first kappa shape index (κ1) is 15.7. The van der Waals surface area contributed by atoms with Gasteiger partial charge in [0.25, 0.3) is 5.78 Å². The molecule has 0 unspecified atom stereocenters. The number of rotatable bonds is 4. The molecule has 0 spiro atoms. The van der Waals surface area contributed by atoms with Crippen LogP contribution in [-0.4, -0.2) is 75.1 Å². The molecule has 0 saturated carbocycles. The molecular weight excluding hydrogens is 294 g/mol. The molecule has 0 atom stereocenters. The lowest BCUT2D eigenvalue weighted by Crippen LogP contribution is -2.44. The van der Waals surface area contributed by atoms with Crippen molar-refractivity contribution >= 4 is 17.5 Å². The number of carbonyl (C=O) groups excluding carboxylic acids is 1. The molecule has 1 amide bonds. The molecule has 1 aliphatic heterocycles. The topological polar surface area (TPSA) is 78.7 Å². The van der Waals surface area contributed by atoms with Crippen molar-refractivity contribution < 1.29 is 4.79 Å². The highest BCUT2D eigenvalue weighted by atomic mass is 16.2. The minimum atomic E-state index is 0.158. The molecule has 1 saturated heterocycles. The highest BCUT2D eigenvalue weighted by Gasteiger charge is 2.22. The van der Waals surface area contributed by atoms with E-state index in [1.807, 2.05) is 13.0 Å². The number of piperidine rings is 1. The van der Waals surface area contributed by atoms with Crippen LogP contribution in [0.2, 0.25) is 0 Å². The van der Waals surface area contributed by atoms with E-state index in [-0.39, 0.29) is 5.91 Å². The van der Waals surface area contributed by atoms with Crippen molar-refractivity contribution in [3.05, 3.63) is 18.1 Å². The van der Waals surface area contributed by atoms with Gasteiger partial charge in [0, 0.05) is 45.0 Å². The number of fused-ring (bicyclic) bond motifs is 1. The van der Waals surface area contributed by atoms with Crippen LogP contribution < -0.4 is 5.32 Å². The summed E-state index contributed by atoms with van der Waals surface area (Å²) in [5.74, 6) is 1.69. The average Bonchev–Trinajstić information content (AvgIpc) is 2.97. The number of nitrogens with zero attached hydrogens (tertiary/aromatic N) is 6. The Bertz CT molecular complexity index is 688. The van der Waals surface area contributed by atoms with Crippen LogP contribution in [0, 0.1) is 6.92 Å². The van der Waals surface area contributed by atoms with E-state index in [0.29, 0.717) is 18.4 Å². The summed E-state index contributed by atoms with van der Waals surface area (Å²) in [6.07, 6.45) is 3.51. The summed E-state index contributed by atoms with van der Waals surface area (Å²) in [6, 6.07) is 2.36. The molecule has 3 heterocycles. The number of carbonyl (C=O) groups is 1. The first-order valence-electron chi connectivity index (χ1n) is 7.89. The van der Waals surface area contributed by atoms with Gasteiger partial charge in [0.1, 0.15) is 12.1 Å². The molecule has 1 fully saturated rings. The Labute approximate surface area is 135 Å². The molecule has 0 radical (unpaired) electrons. The number of amides is 1. The van der Waals surface area contributed by atoms with Crippen LogP contribution in [0.3, 0.4) is 0 Å². The maximum absolute atomic E-state index is 11.8. The molecule has 0 aliphatic carbocycles. The lowest BCUT2D eigenvalue weighted by molar-refractivity contribution is -0.130. The average molecular weight is 317 g/mol. The van der Waals surface area contributed by atoms with Gasteiger partial charge in [-0.05, 0) is 19.8 Å². The molecule has 1 N–H and O–H groups in total. The summed E-state index contributed by atoms with van der Waals surface area (Å²) in [5.41, 5.74) is 0.919. The lowest BCUT2D eigenvalue weighted by atomic mass is 10.0. The van der Waals surface area contributed by atoms with Gasteiger partial charge in [-0.2, -0.15) is 14.6 Å². The summed E-state index contributed by atoms with van der Waals surface area (Å²) in [6.45, 7) is 4.29. The van der Waals surface area contributed by atoms with Gasteiger partial charge in [-0.15, -0.1) is 0 Å². The van der Waals surface area contributed by atoms with Crippen molar-refractivity contribution in [3.8, 4) is 0 Å². The first-order chi connectivity index (χ1) is 11.0. The molecule has 23 heavy (non-hydrogen) atoms. The molecule has 2 aromatic heterocycles. The molecule has 2 aromatic rings. The van der Waals surface area contributed by atoms with Crippen molar-refractivity contribution in [2.24, 2.45) is 0 Å². The number of hydrogen-bond acceptors (Lipinski definition) is 6. The highest BCUT2D eigenvalue weighted by molar-refractivity contribution is 5.77. The zero-order chi connectivity index (χ0) is 16.4. The SMILES string of the molecule is Cc1cc(NC2CCN(CC(=O)N(C)C)CC2)n2ncnc2n1. The van der Waals surface area contributed by atoms with E-state index in [4.69, 9.17) is 0 Å². The van der Waals surface area contributed by atoms with Gasteiger partial charge in [0.15, 0.2) is 0 Å². The summed E-state index contributed by atoms with van der Waals surface area (Å²) in [7, 11) is 3.59. The predicted molar refractivity (Wildman–Crippen MR) is 87.3 cm³/mol. The standard InChI is InChI=1S/C15H23N7O/c1-11-8-13(22-15(18-11)16-10-17-22)19-12-4-6-21(7-5-12)9-14(23)20(2)3/h8,10,12,19H,4-7,9H2,1-3H3. The number of aryl methyl sites for hydroxylation is 1. The van der Waals surface area contributed by atoms with Crippen molar-refractivity contribution in [3.63, 3.8) is 0 Å². The van der Waals surface area contributed by atoms with Gasteiger partial charge in [-0.1, -0.05) is 0 Å². The zero-order valence-electron chi connectivity index (χ0n) is 13.9. The third-order valence-corrected chi connectivity index (χ3v) is 4.18. The van der Waals surface area contributed by atoms with Crippen molar-refractivity contribution in [1.82, 2.24) is 29.4 Å². The van der Waals surface area contributed by atoms with Gasteiger partial charge in [0.2, 0.25) is 5.91 Å². The quantitative estimate of drug-likeness (QED) is 0.879. The second kappa shape index (κ2) is 6.49. The maximum Gasteiger partial charge on any atom is 0.254 e. The second-order valence-corrected chi connectivity index (χ2v) is 6.24. The monoisotopic (exact) mass is 317 g/mol. The number of aromatic nitrogens is 4. The van der Waals surface area contributed by atoms with Crippen LogP contribution >= 0.6 is 0 Å². The van der Waals surface area contributed by atoms with Crippen LogP contribution in [0.1, 0.15) is 18.5 Å². The molecule has 124 valence electrons. The first-order valence-corrected chi connectivity index (χ1v) is 7.89. The van der Waals surface area contributed by atoms with Gasteiger partial charge >= 0.3 is 0 Å². The van der Waals surface area contributed by atoms with Crippen LogP contribution in [0.4, 0.5) is 5.82 Å². The van der Waals surface area contributed by atoms with Gasteiger partial charge in [-0.25, -0.2) is 4.98 Å². The van der Waals surface area contributed by atoms with E-state index in [1.165, 1.54) is 6.33 Å². The molecular formula is C15H23N7O. The van der Waals surface area contributed by atoms with Crippen molar-refractivity contribution in [1.29, 1.82) is 0 Å². The van der Waals surface area contributed by atoms with Gasteiger partial charge < -0.3 is 10.2 Å². The minimum Gasteiger partial charge on any atom is -0.367 e. The van der Waals surface area contributed by atoms with E-state index in [9.17, 15) is 4.79 Å². The normalized spacial score (nSPS) is 16.7. The fourth-order valence-electron chi connectivity index (χ4n) is 2.81. The number of hydrogen-bond donors (Lipinski definition) is 1. The van der Waals surface area contributed by atoms with Crippen LogP contribution in [0.25, 0.3) is 5.78 Å². The Kier molecular flexibility index (Phi) is 4.42. The fourth-order valence-corrected chi connectivity index (χ4v) is 2.81. The summed E-state index contributed by atoms with van der Waals surface area (Å²) in [5, 5.41) is 7.76. The van der Waals surface area contributed by atoms with E-state index >= 15 is 0 Å². The third kappa shape index (κ3) is 3.58. The van der Waals surface area contributed by atoms with E-state index < -0.39 is 0 Å². The summed E-state index contributed by atoms with van der Waals surface area (Å²) < 4.78 is 1.73. The fraction of sp³-hybridized carbons (Fsp3) is 0.600. The highest BCUT2D eigenvalue weighted by Crippen LogP contribution is 2.17. The van der Waals surface area contributed by atoms with E-state index in [0.717, 1.165) is 37.4 Å². The van der Waals surface area contributed by atoms with E-state index in [2.05, 4.69) is 25.3 Å². The maximum atomic E-state index is 11.8. The Hall–Kier alpha value is -2.22. The predicted octanol–water partition coefficient (Wildman–Crippen LogP) is 0.397. The van der Waals surface area contributed by atoms with Crippen molar-refractivity contribution in [2.75, 3.05) is 39.0 Å². The van der Waals surface area contributed by atoms with Crippen LogP contribution in [-0.2, 0) is 4.79 Å². The molecule has 0 aromatic carbocycles.